The minimum atomic E-state index is -0.986. The Balaban J connectivity index is 0.000000237. The minimum absolute atomic E-state index is 0.0741. The Morgan fingerprint density at radius 3 is 1.68 bits per heavy atom. The lowest BCUT2D eigenvalue weighted by Crippen LogP contribution is -2.04. The number of esters is 1. The van der Waals surface area contributed by atoms with Crippen LogP contribution in [-0.2, 0) is 11.3 Å². The summed E-state index contributed by atoms with van der Waals surface area (Å²) in [5.41, 5.74) is 1.45. The zero-order chi connectivity index (χ0) is 20.5. The first-order valence-electron chi connectivity index (χ1n) is 8.08. The van der Waals surface area contributed by atoms with Crippen LogP contribution in [0.2, 0.25) is 5.02 Å². The predicted molar refractivity (Wildman–Crippen MR) is 104 cm³/mol. The van der Waals surface area contributed by atoms with Crippen molar-refractivity contribution >= 4 is 23.5 Å². The molecule has 3 N–H and O–H groups in total. The molecule has 3 rings (SSSR count). The fourth-order valence-electron chi connectivity index (χ4n) is 2.01. The average Bonchev–Trinajstić information content (AvgIpc) is 2.69. The molecule has 0 heterocycles. The van der Waals surface area contributed by atoms with E-state index in [1.807, 2.05) is 0 Å². The highest BCUT2D eigenvalue weighted by Crippen LogP contribution is 2.13. The van der Waals surface area contributed by atoms with E-state index >= 15 is 0 Å². The van der Waals surface area contributed by atoms with Gasteiger partial charge in [0.2, 0.25) is 0 Å². The van der Waals surface area contributed by atoms with E-state index in [4.69, 9.17) is 31.7 Å². The molecule has 0 radical (unpaired) electrons. The van der Waals surface area contributed by atoms with Gasteiger partial charge in [-0.3, -0.25) is 0 Å². The Hall–Kier alpha value is -3.51. The lowest BCUT2D eigenvalue weighted by Gasteiger charge is -2.05. The molecular weight excluding hydrogens is 384 g/mol. The van der Waals surface area contributed by atoms with Gasteiger partial charge >= 0.3 is 11.9 Å². The number of carbonyl (C=O) groups is 2. The second-order valence-electron chi connectivity index (χ2n) is 5.60. The van der Waals surface area contributed by atoms with E-state index in [1.165, 1.54) is 48.5 Å². The maximum atomic E-state index is 11.7. The van der Waals surface area contributed by atoms with Gasteiger partial charge in [-0.15, -0.1) is 0 Å². The molecule has 0 spiro atoms. The fourth-order valence-corrected chi connectivity index (χ4v) is 2.14. The van der Waals surface area contributed by atoms with Gasteiger partial charge in [-0.1, -0.05) is 23.7 Å². The van der Waals surface area contributed by atoms with Crippen molar-refractivity contribution in [2.24, 2.45) is 0 Å². The Morgan fingerprint density at radius 2 is 1.21 bits per heavy atom. The number of carboxylic acid groups (broad SMARTS) is 1. The van der Waals surface area contributed by atoms with Crippen LogP contribution < -0.4 is 0 Å². The molecule has 0 atom stereocenters. The highest BCUT2D eigenvalue weighted by atomic mass is 35.5. The molecule has 3 aromatic carbocycles. The van der Waals surface area contributed by atoms with Crippen molar-refractivity contribution < 1.29 is 29.6 Å². The number of phenolic OH excluding ortho intramolecular Hbond substituents is 2. The van der Waals surface area contributed by atoms with E-state index in [-0.39, 0.29) is 23.7 Å². The normalized spacial score (nSPS) is 9.75. The second kappa shape index (κ2) is 9.99. The summed E-state index contributed by atoms with van der Waals surface area (Å²) < 4.78 is 5.13. The molecule has 144 valence electrons. The van der Waals surface area contributed by atoms with Crippen LogP contribution in [0.5, 0.6) is 11.5 Å². The zero-order valence-corrected chi connectivity index (χ0v) is 15.3. The summed E-state index contributed by atoms with van der Waals surface area (Å²) in [4.78, 5) is 21.9. The molecular formula is C21H17ClO6. The summed E-state index contributed by atoms with van der Waals surface area (Å²) in [5, 5.41) is 26.9. The predicted octanol–water partition coefficient (Wildman–Crippen LogP) is 4.49. The highest BCUT2D eigenvalue weighted by Gasteiger charge is 2.07. The molecule has 0 aliphatic carbocycles. The van der Waals surface area contributed by atoms with E-state index in [0.717, 1.165) is 5.56 Å². The van der Waals surface area contributed by atoms with Crippen molar-refractivity contribution in [2.75, 3.05) is 0 Å². The number of aromatic carboxylic acids is 1. The summed E-state index contributed by atoms with van der Waals surface area (Å²) in [6, 6.07) is 18.4. The van der Waals surface area contributed by atoms with E-state index in [1.54, 1.807) is 24.3 Å². The molecule has 0 bridgehead atoms. The molecule has 0 saturated carbocycles. The Kier molecular flexibility index (Phi) is 7.42. The zero-order valence-electron chi connectivity index (χ0n) is 14.6. The van der Waals surface area contributed by atoms with Crippen molar-refractivity contribution in [3.8, 4) is 11.5 Å². The van der Waals surface area contributed by atoms with Crippen LogP contribution in [0.15, 0.2) is 72.8 Å². The van der Waals surface area contributed by atoms with Gasteiger partial charge in [0.1, 0.15) is 18.1 Å². The van der Waals surface area contributed by atoms with Crippen LogP contribution in [0.1, 0.15) is 26.3 Å². The lowest BCUT2D eigenvalue weighted by atomic mass is 10.2. The smallest absolute Gasteiger partial charge is 0.338 e. The van der Waals surface area contributed by atoms with Crippen molar-refractivity contribution in [3.05, 3.63) is 94.5 Å². The number of halogens is 1. The molecule has 0 fully saturated rings. The number of hydrogen-bond acceptors (Lipinski definition) is 5. The van der Waals surface area contributed by atoms with Crippen LogP contribution in [0.4, 0.5) is 0 Å². The highest BCUT2D eigenvalue weighted by molar-refractivity contribution is 6.30. The SMILES string of the molecule is O=C(O)c1ccc(O)cc1.O=C(OCc1ccc(Cl)cc1)c1ccc(O)cc1. The van der Waals surface area contributed by atoms with Gasteiger partial charge in [0.15, 0.2) is 0 Å². The summed E-state index contributed by atoms with van der Waals surface area (Å²) in [7, 11) is 0. The Bertz CT molecular complexity index is 919. The molecule has 0 saturated heterocycles. The summed E-state index contributed by atoms with van der Waals surface area (Å²) in [6.45, 7) is 0.191. The third kappa shape index (κ3) is 6.66. The summed E-state index contributed by atoms with van der Waals surface area (Å²) in [5.74, 6) is -1.22. The van der Waals surface area contributed by atoms with Crippen molar-refractivity contribution in [2.45, 2.75) is 6.61 Å². The number of hydrogen-bond donors (Lipinski definition) is 3. The van der Waals surface area contributed by atoms with Gasteiger partial charge in [0.25, 0.3) is 0 Å². The first-order valence-corrected chi connectivity index (χ1v) is 8.46. The van der Waals surface area contributed by atoms with Crippen LogP contribution >= 0.6 is 11.6 Å². The van der Waals surface area contributed by atoms with Gasteiger partial charge in [-0.05, 0) is 66.2 Å². The monoisotopic (exact) mass is 400 g/mol. The van der Waals surface area contributed by atoms with E-state index in [2.05, 4.69) is 0 Å². The number of benzene rings is 3. The van der Waals surface area contributed by atoms with Crippen LogP contribution in [-0.4, -0.2) is 27.3 Å². The molecule has 0 aliphatic rings. The van der Waals surface area contributed by atoms with Gasteiger partial charge in [0.05, 0.1) is 11.1 Å². The maximum Gasteiger partial charge on any atom is 0.338 e. The minimum Gasteiger partial charge on any atom is -0.508 e. The number of ether oxygens (including phenoxy) is 1. The van der Waals surface area contributed by atoms with Crippen LogP contribution in [0.25, 0.3) is 0 Å². The first-order chi connectivity index (χ1) is 13.3. The third-order valence-electron chi connectivity index (χ3n) is 3.50. The molecule has 28 heavy (non-hydrogen) atoms. The van der Waals surface area contributed by atoms with Gasteiger partial charge in [-0.2, -0.15) is 0 Å². The standard InChI is InChI=1S/C14H11ClO3.C7H6O3/c15-12-5-1-10(2-6-12)9-18-14(17)11-3-7-13(16)8-4-11;8-6-3-1-5(2-4-6)7(9)10/h1-8,16H,9H2;1-4,8H,(H,9,10). The molecule has 0 unspecified atom stereocenters. The van der Waals surface area contributed by atoms with Crippen molar-refractivity contribution in [3.63, 3.8) is 0 Å². The van der Waals surface area contributed by atoms with Gasteiger partial charge in [0, 0.05) is 5.02 Å². The number of rotatable bonds is 4. The third-order valence-corrected chi connectivity index (χ3v) is 3.75. The lowest BCUT2D eigenvalue weighted by molar-refractivity contribution is 0.0472. The van der Waals surface area contributed by atoms with Crippen LogP contribution in [0.3, 0.4) is 0 Å². The molecule has 3 aromatic rings. The van der Waals surface area contributed by atoms with Crippen molar-refractivity contribution in [1.82, 2.24) is 0 Å². The number of carbonyl (C=O) groups excluding carboxylic acids is 1. The second-order valence-corrected chi connectivity index (χ2v) is 6.04. The summed E-state index contributed by atoms with van der Waals surface area (Å²) in [6.07, 6.45) is 0. The largest absolute Gasteiger partial charge is 0.508 e. The Labute approximate surface area is 166 Å². The summed E-state index contributed by atoms with van der Waals surface area (Å²) >= 11 is 5.75. The molecule has 7 heteroatoms. The van der Waals surface area contributed by atoms with Gasteiger partial charge < -0.3 is 20.1 Å². The quantitative estimate of drug-likeness (QED) is 0.557. The fraction of sp³-hybridized carbons (Fsp3) is 0.0476. The molecule has 0 aliphatic heterocycles. The van der Waals surface area contributed by atoms with Gasteiger partial charge in [-0.25, -0.2) is 9.59 Å². The first kappa shape index (κ1) is 20.8. The maximum absolute atomic E-state index is 11.7. The average molecular weight is 401 g/mol. The number of aromatic hydroxyl groups is 2. The van der Waals surface area contributed by atoms with Crippen molar-refractivity contribution in [1.29, 1.82) is 0 Å². The number of phenols is 2. The number of carboxylic acids is 1. The Morgan fingerprint density at radius 1 is 0.750 bits per heavy atom. The topological polar surface area (TPSA) is 104 Å². The van der Waals surface area contributed by atoms with E-state index < -0.39 is 11.9 Å². The molecule has 0 aromatic heterocycles. The van der Waals surface area contributed by atoms with Crippen LogP contribution in [0, 0.1) is 0 Å². The molecule has 0 amide bonds. The van der Waals surface area contributed by atoms with E-state index in [9.17, 15) is 9.59 Å². The molecule has 6 nitrogen and oxygen atoms in total. The van der Waals surface area contributed by atoms with E-state index in [0.29, 0.717) is 10.6 Å².